The molecule has 2 atom stereocenters. The van der Waals surface area contributed by atoms with Crippen molar-refractivity contribution in [2.75, 3.05) is 0 Å². The van der Waals surface area contributed by atoms with Gasteiger partial charge in [-0.3, -0.25) is 24.9 Å². The van der Waals surface area contributed by atoms with Gasteiger partial charge < -0.3 is 0 Å². The van der Waals surface area contributed by atoms with E-state index >= 15 is 0 Å². The molecule has 104 heavy (non-hydrogen) atoms. The number of pyridine rings is 7. The molecule has 486 valence electrons. The van der Waals surface area contributed by atoms with Crippen LogP contribution >= 0.6 is 0 Å². The van der Waals surface area contributed by atoms with Gasteiger partial charge in [-0.15, -0.1) is 0 Å². The zero-order chi connectivity index (χ0) is 68.9. The molecule has 0 spiro atoms. The Morgan fingerprint density at radius 1 is 0.317 bits per heavy atom. The smallest absolute Gasteiger partial charge is 0.282 e. The van der Waals surface area contributed by atoms with Crippen LogP contribution in [0.1, 0.15) is 17.3 Å². The fraction of sp³-hybridized carbons (Fsp3) is 0.0222. The van der Waals surface area contributed by atoms with Crippen molar-refractivity contribution in [1.82, 2.24) is 59.8 Å². The number of nitrogens with zero attached hydrogens (tertiary/aromatic N) is 14. The summed E-state index contributed by atoms with van der Waals surface area (Å²) in [6.07, 6.45) is 23.6. The molecule has 9 aromatic heterocycles. The zero-order valence-electron chi connectivity index (χ0n) is 55.7. The van der Waals surface area contributed by atoms with Gasteiger partial charge in [-0.1, -0.05) is 224 Å². The number of aromatic nitrogens is 13. The fourth-order valence-electron chi connectivity index (χ4n) is 14.0. The van der Waals surface area contributed by atoms with Crippen LogP contribution in [-0.2, 0) is 0 Å². The van der Waals surface area contributed by atoms with E-state index in [2.05, 4.69) is 209 Å². The largest absolute Gasteiger partial charge is 0.441 e. The Labute approximate surface area is 596 Å². The van der Waals surface area contributed by atoms with E-state index in [4.69, 9.17) is 49.8 Å². The standard InChI is InChI=1S/C51H33N7.C39H24N7/c1-4-11-32(12-5-1)33-18-20-38(21-19-33)49-56-50(41-29-44(35-13-6-2-7-14-35)54-47-39(41)24-22-34-26-28-52-31-43(34)47)58-51(57-49)42-30-45(36-15-8-3-9-16-36)55-48-40(42)25-23-37-17-10-27-53-46(37)48;1-2-6-25(7-3-1)26-10-15-30(16-11-26)37-43-38(32-22-31-17-14-29-9-5-20-41-35(29)36(31)42-23-32)45-39(44-37)46-21-18-27-12-13-28-8-4-19-40-34(28)33(27)24-46/h1-31,37,46H;1-24H/q;+1. The summed E-state index contributed by atoms with van der Waals surface area (Å²) in [4.78, 5) is 65.0. The van der Waals surface area contributed by atoms with Crippen molar-refractivity contribution in [3.8, 4) is 108 Å². The van der Waals surface area contributed by atoms with E-state index in [-0.39, 0.29) is 12.0 Å². The van der Waals surface area contributed by atoms with E-state index in [0.29, 0.717) is 35.1 Å². The summed E-state index contributed by atoms with van der Waals surface area (Å²) in [5.74, 6) is 3.38. The molecule has 0 amide bonds. The number of dihydropyridines is 1. The van der Waals surface area contributed by atoms with Crippen molar-refractivity contribution < 1.29 is 4.57 Å². The molecule has 14 heteroatoms. The maximum Gasteiger partial charge on any atom is 0.441 e. The highest BCUT2D eigenvalue weighted by molar-refractivity contribution is 6.10. The minimum Gasteiger partial charge on any atom is -0.282 e. The Morgan fingerprint density at radius 2 is 0.846 bits per heavy atom. The lowest BCUT2D eigenvalue weighted by Gasteiger charge is -2.27. The molecule has 10 heterocycles. The molecule has 2 aliphatic rings. The summed E-state index contributed by atoms with van der Waals surface area (Å²) < 4.78 is 1.94. The second kappa shape index (κ2) is 26.1. The van der Waals surface area contributed by atoms with Crippen molar-refractivity contribution >= 4 is 77.4 Å². The van der Waals surface area contributed by atoms with Crippen molar-refractivity contribution in [3.05, 3.63) is 334 Å². The highest BCUT2D eigenvalue weighted by Gasteiger charge is 2.31. The Morgan fingerprint density at radius 3 is 1.54 bits per heavy atom. The Bertz CT molecular complexity index is 6470. The van der Waals surface area contributed by atoms with Gasteiger partial charge in [0, 0.05) is 114 Å². The number of aliphatic imine (C=N–C) groups is 1. The first-order valence-corrected chi connectivity index (χ1v) is 34.4. The van der Waals surface area contributed by atoms with Gasteiger partial charge in [0.05, 0.1) is 57.1 Å². The highest BCUT2D eigenvalue weighted by Crippen LogP contribution is 2.43. The van der Waals surface area contributed by atoms with Crippen LogP contribution in [0.15, 0.2) is 327 Å². The SMILES string of the molecule is C1=CC2C=Cc3c(-c4nc(-c5ccc(-c6ccccc6)cc5)nc(-c5cc(-c6ccccc6)nc6c5ccc5ccncc56)n4)cc(-c4ccccc4)nc3C2N=C1.c1ccc(-c2ccc(-c3nc(-c4cnc5c(ccc6cccnc65)c4)nc(-[n+]4ccc5ccc6cccnc6c5c4)n3)cc2)cc1. The summed E-state index contributed by atoms with van der Waals surface area (Å²) in [6, 6.07) is 88.8. The van der Waals surface area contributed by atoms with Gasteiger partial charge in [0.2, 0.25) is 11.6 Å². The fourth-order valence-corrected chi connectivity index (χ4v) is 14.0. The Hall–Kier alpha value is -14.2. The lowest BCUT2D eigenvalue weighted by molar-refractivity contribution is -0.602. The molecule has 18 aromatic rings. The van der Waals surface area contributed by atoms with Gasteiger partial charge in [-0.2, -0.15) is 4.98 Å². The minimum absolute atomic E-state index is 0.111. The van der Waals surface area contributed by atoms with Gasteiger partial charge in [0.15, 0.2) is 17.5 Å². The van der Waals surface area contributed by atoms with E-state index in [9.17, 15) is 0 Å². The molecule has 1 aliphatic carbocycles. The van der Waals surface area contributed by atoms with Crippen molar-refractivity contribution in [2.24, 2.45) is 10.9 Å². The van der Waals surface area contributed by atoms with Crippen LogP contribution in [0.3, 0.4) is 0 Å². The van der Waals surface area contributed by atoms with Gasteiger partial charge in [0.1, 0.15) is 6.04 Å². The molecule has 2 unspecified atom stereocenters. The molecule has 0 saturated carbocycles. The second-order valence-corrected chi connectivity index (χ2v) is 25.7. The number of hydrogen-bond donors (Lipinski definition) is 0. The number of allylic oxidation sites excluding steroid dienone is 1. The summed E-state index contributed by atoms with van der Waals surface area (Å²) in [5, 5.41) is 8.15. The van der Waals surface area contributed by atoms with Crippen LogP contribution in [0.5, 0.6) is 0 Å². The first-order valence-electron chi connectivity index (χ1n) is 34.4. The quantitative estimate of drug-likeness (QED) is 0.0939. The van der Waals surface area contributed by atoms with Crippen LogP contribution in [0.4, 0.5) is 0 Å². The first-order chi connectivity index (χ1) is 51.5. The molecular weight excluding hydrogens is 1280 g/mol. The normalized spacial score (nSPS) is 13.7. The van der Waals surface area contributed by atoms with E-state index < -0.39 is 0 Å². The number of hydrogen-bond acceptors (Lipinski definition) is 13. The molecular formula is C90H57N14+. The summed E-state index contributed by atoms with van der Waals surface area (Å²) in [5.41, 5.74) is 17.8. The second-order valence-electron chi connectivity index (χ2n) is 25.7. The Kier molecular flexibility index (Phi) is 15.3. The summed E-state index contributed by atoms with van der Waals surface area (Å²) >= 11 is 0. The summed E-state index contributed by atoms with van der Waals surface area (Å²) in [7, 11) is 0. The first kappa shape index (κ1) is 60.9. The maximum atomic E-state index is 5.40. The number of fused-ring (bicyclic) bond motifs is 12. The maximum absolute atomic E-state index is 5.40. The van der Waals surface area contributed by atoms with Crippen LogP contribution in [0.2, 0.25) is 0 Å². The molecule has 0 radical (unpaired) electrons. The molecule has 14 nitrogen and oxygen atoms in total. The van der Waals surface area contributed by atoms with Crippen molar-refractivity contribution in [1.29, 1.82) is 0 Å². The van der Waals surface area contributed by atoms with Gasteiger partial charge >= 0.3 is 5.95 Å². The lowest BCUT2D eigenvalue weighted by Crippen LogP contribution is -2.33. The van der Waals surface area contributed by atoms with Gasteiger partial charge in [-0.25, -0.2) is 29.5 Å². The van der Waals surface area contributed by atoms with Crippen molar-refractivity contribution in [3.63, 3.8) is 0 Å². The lowest BCUT2D eigenvalue weighted by atomic mass is 9.84. The topological polar surface area (TPSA) is 171 Å². The third-order valence-electron chi connectivity index (χ3n) is 19.3. The summed E-state index contributed by atoms with van der Waals surface area (Å²) in [6.45, 7) is 0. The van der Waals surface area contributed by atoms with E-state index in [1.807, 2.05) is 139 Å². The highest BCUT2D eigenvalue weighted by atomic mass is 15.2. The Balaban J connectivity index is 0.000000147. The monoisotopic (exact) mass is 1330 g/mol. The van der Waals surface area contributed by atoms with Crippen LogP contribution in [-0.4, -0.2) is 66.0 Å². The number of rotatable bonds is 10. The van der Waals surface area contributed by atoms with Crippen LogP contribution < -0.4 is 4.57 Å². The molecule has 1 aliphatic heterocycles. The molecule has 0 bridgehead atoms. The molecule has 20 rings (SSSR count). The zero-order valence-corrected chi connectivity index (χ0v) is 55.7. The van der Waals surface area contributed by atoms with E-state index in [0.717, 1.165) is 149 Å². The molecule has 0 saturated heterocycles. The molecule has 0 N–H and O–H groups in total. The van der Waals surface area contributed by atoms with Crippen molar-refractivity contribution in [2.45, 2.75) is 6.04 Å². The molecule has 0 fully saturated rings. The predicted octanol–water partition coefficient (Wildman–Crippen LogP) is 19.6. The van der Waals surface area contributed by atoms with Crippen LogP contribution in [0, 0.1) is 5.92 Å². The third-order valence-corrected chi connectivity index (χ3v) is 19.3. The minimum atomic E-state index is -0.154. The van der Waals surface area contributed by atoms with E-state index in [1.165, 1.54) is 0 Å². The average molecular weight is 1330 g/mol. The number of benzene rings is 9. The van der Waals surface area contributed by atoms with Gasteiger partial charge in [0.25, 0.3) is 0 Å². The average Bonchev–Trinajstić information content (AvgIpc) is 0.750. The van der Waals surface area contributed by atoms with Crippen LogP contribution in [0.25, 0.3) is 179 Å². The molecule has 9 aromatic carbocycles. The third kappa shape index (κ3) is 11.5. The predicted molar refractivity (Wildman–Crippen MR) is 415 cm³/mol. The van der Waals surface area contributed by atoms with Gasteiger partial charge in [-0.05, 0) is 104 Å². The van der Waals surface area contributed by atoms with E-state index in [1.54, 1.807) is 6.20 Å².